The van der Waals surface area contributed by atoms with E-state index in [1.165, 1.54) is 14.2 Å². The van der Waals surface area contributed by atoms with Crippen LogP contribution in [0.4, 0.5) is 5.82 Å². The van der Waals surface area contributed by atoms with E-state index in [0.29, 0.717) is 47.4 Å². The summed E-state index contributed by atoms with van der Waals surface area (Å²) in [5.74, 6) is 1.25. The van der Waals surface area contributed by atoms with Crippen LogP contribution in [0.25, 0.3) is 0 Å². The predicted molar refractivity (Wildman–Crippen MR) is 128 cm³/mol. The molecule has 0 bridgehead atoms. The number of hydrogen-bond donors (Lipinski definition) is 1. The van der Waals surface area contributed by atoms with Gasteiger partial charge in [-0.25, -0.2) is 13.1 Å². The Labute approximate surface area is 198 Å². The van der Waals surface area contributed by atoms with Gasteiger partial charge < -0.3 is 19.5 Å². The van der Waals surface area contributed by atoms with Gasteiger partial charge in [0, 0.05) is 11.6 Å². The average Bonchev–Trinajstić information content (AvgIpc) is 3.38. The van der Waals surface area contributed by atoms with Gasteiger partial charge in [0.1, 0.15) is 12.4 Å². The number of methoxy groups -OCH3 is 2. The molecular formula is C24H27N3O6S. The number of ether oxygens (including phenoxy) is 3. The van der Waals surface area contributed by atoms with E-state index in [1.807, 2.05) is 30.3 Å². The summed E-state index contributed by atoms with van der Waals surface area (Å²) < 4.78 is 42.3. The molecular weight excluding hydrogens is 458 g/mol. The molecule has 0 saturated carbocycles. The van der Waals surface area contributed by atoms with Crippen molar-refractivity contribution in [1.29, 1.82) is 0 Å². The van der Waals surface area contributed by atoms with E-state index in [4.69, 9.17) is 14.2 Å². The number of amides is 1. The van der Waals surface area contributed by atoms with Crippen LogP contribution >= 0.6 is 0 Å². The molecule has 1 aromatic heterocycles. The highest BCUT2D eigenvalue weighted by molar-refractivity contribution is 7.91. The van der Waals surface area contributed by atoms with Crippen LogP contribution in [0.2, 0.25) is 0 Å². The van der Waals surface area contributed by atoms with E-state index in [0.717, 1.165) is 5.56 Å². The minimum absolute atomic E-state index is 0.00604. The first-order valence-electron chi connectivity index (χ1n) is 10.8. The number of sulfone groups is 1. The summed E-state index contributed by atoms with van der Waals surface area (Å²) in [6, 6.07) is 14.2. The van der Waals surface area contributed by atoms with Gasteiger partial charge in [-0.15, -0.1) is 0 Å². The van der Waals surface area contributed by atoms with Crippen LogP contribution in [0.15, 0.2) is 48.5 Å². The first-order valence-corrected chi connectivity index (χ1v) is 12.6. The van der Waals surface area contributed by atoms with Gasteiger partial charge in [0.05, 0.1) is 37.5 Å². The van der Waals surface area contributed by atoms with Crippen molar-refractivity contribution in [2.45, 2.75) is 26.0 Å². The Hall–Kier alpha value is -3.53. The number of carbonyl (C=O) groups is 1. The average molecular weight is 486 g/mol. The number of carbonyl (C=O) groups excluding carboxylic acids is 1. The molecule has 1 unspecified atom stereocenters. The quantitative estimate of drug-likeness (QED) is 0.521. The lowest BCUT2D eigenvalue weighted by molar-refractivity contribution is 0.102. The summed E-state index contributed by atoms with van der Waals surface area (Å²) >= 11 is 0. The minimum atomic E-state index is -3.10. The summed E-state index contributed by atoms with van der Waals surface area (Å²) in [5, 5.41) is 7.25. The van der Waals surface area contributed by atoms with Gasteiger partial charge in [-0.3, -0.25) is 4.79 Å². The second-order valence-corrected chi connectivity index (χ2v) is 10.3. The van der Waals surface area contributed by atoms with Crippen LogP contribution in [-0.2, 0) is 16.4 Å². The number of rotatable bonds is 8. The van der Waals surface area contributed by atoms with Gasteiger partial charge in [0.15, 0.2) is 21.3 Å². The topological polar surface area (TPSA) is 109 Å². The van der Waals surface area contributed by atoms with Crippen LogP contribution in [0.3, 0.4) is 0 Å². The second-order valence-electron chi connectivity index (χ2n) is 8.11. The van der Waals surface area contributed by atoms with Crippen LogP contribution in [0, 0.1) is 6.92 Å². The number of benzene rings is 2. The molecule has 180 valence electrons. The molecule has 1 fully saturated rings. The Kier molecular flexibility index (Phi) is 6.78. The molecule has 34 heavy (non-hydrogen) atoms. The zero-order valence-corrected chi connectivity index (χ0v) is 20.1. The second kappa shape index (κ2) is 9.76. The third-order valence-corrected chi connectivity index (χ3v) is 7.35. The molecule has 4 rings (SSSR count). The van der Waals surface area contributed by atoms with E-state index in [2.05, 4.69) is 10.4 Å². The summed E-state index contributed by atoms with van der Waals surface area (Å²) in [6.45, 7) is 2.10. The van der Waals surface area contributed by atoms with Gasteiger partial charge in [-0.1, -0.05) is 30.3 Å². The fourth-order valence-corrected chi connectivity index (χ4v) is 5.62. The molecule has 1 N–H and O–H groups in total. The minimum Gasteiger partial charge on any atom is -0.493 e. The Balaban J connectivity index is 1.57. The maximum Gasteiger partial charge on any atom is 0.257 e. The SMILES string of the molecule is COc1cc(C(=O)Nc2cc(C)nn2C2CCS(=O)(=O)C2)cc(OC)c1OCc1ccccc1. The summed E-state index contributed by atoms with van der Waals surface area (Å²) in [4.78, 5) is 13.1. The molecule has 0 spiro atoms. The summed E-state index contributed by atoms with van der Waals surface area (Å²) in [5.41, 5.74) is 1.95. The molecule has 1 atom stereocenters. The maximum absolute atomic E-state index is 13.1. The van der Waals surface area contributed by atoms with Crippen molar-refractivity contribution >= 4 is 21.6 Å². The normalized spacial score (nSPS) is 16.7. The highest BCUT2D eigenvalue weighted by Crippen LogP contribution is 2.39. The van der Waals surface area contributed by atoms with E-state index in [9.17, 15) is 13.2 Å². The van der Waals surface area contributed by atoms with Crippen LogP contribution in [0.1, 0.15) is 34.1 Å². The highest BCUT2D eigenvalue weighted by atomic mass is 32.2. The van der Waals surface area contributed by atoms with Crippen molar-refractivity contribution in [1.82, 2.24) is 9.78 Å². The lowest BCUT2D eigenvalue weighted by Crippen LogP contribution is -2.19. The molecule has 3 aromatic rings. The Morgan fingerprint density at radius 1 is 1.12 bits per heavy atom. The fourth-order valence-electron chi connectivity index (χ4n) is 3.93. The van der Waals surface area contributed by atoms with E-state index >= 15 is 0 Å². The monoisotopic (exact) mass is 485 g/mol. The van der Waals surface area contributed by atoms with Gasteiger partial charge in [-0.2, -0.15) is 5.10 Å². The molecule has 1 aliphatic heterocycles. The third kappa shape index (κ3) is 5.17. The van der Waals surface area contributed by atoms with Crippen molar-refractivity contribution < 1.29 is 27.4 Å². The number of anilines is 1. The van der Waals surface area contributed by atoms with Crippen molar-refractivity contribution in [3.8, 4) is 17.2 Å². The molecule has 0 aliphatic carbocycles. The van der Waals surface area contributed by atoms with Crippen molar-refractivity contribution in [3.05, 3.63) is 65.4 Å². The van der Waals surface area contributed by atoms with Crippen molar-refractivity contribution in [2.75, 3.05) is 31.0 Å². The zero-order valence-electron chi connectivity index (χ0n) is 19.3. The Morgan fingerprint density at radius 3 is 2.38 bits per heavy atom. The molecule has 1 aliphatic rings. The largest absolute Gasteiger partial charge is 0.493 e. The molecule has 1 amide bonds. The first-order chi connectivity index (χ1) is 16.3. The Morgan fingerprint density at radius 2 is 1.79 bits per heavy atom. The molecule has 10 heteroatoms. The highest BCUT2D eigenvalue weighted by Gasteiger charge is 2.31. The first kappa shape index (κ1) is 23.6. The van der Waals surface area contributed by atoms with Crippen molar-refractivity contribution in [2.24, 2.45) is 0 Å². The third-order valence-electron chi connectivity index (χ3n) is 5.60. The number of aromatic nitrogens is 2. The van der Waals surface area contributed by atoms with E-state index < -0.39 is 15.7 Å². The smallest absolute Gasteiger partial charge is 0.257 e. The molecule has 2 aromatic carbocycles. The molecule has 2 heterocycles. The lowest BCUT2D eigenvalue weighted by Gasteiger charge is -2.17. The molecule has 0 radical (unpaired) electrons. The summed E-state index contributed by atoms with van der Waals surface area (Å²) in [6.07, 6.45) is 0.460. The summed E-state index contributed by atoms with van der Waals surface area (Å²) in [7, 11) is -0.119. The number of nitrogens with zero attached hydrogens (tertiary/aromatic N) is 2. The number of aryl methyl sites for hydroxylation is 1. The van der Waals surface area contributed by atoms with Gasteiger partial charge in [-0.05, 0) is 31.0 Å². The fraction of sp³-hybridized carbons (Fsp3) is 0.333. The van der Waals surface area contributed by atoms with E-state index in [1.54, 1.807) is 29.8 Å². The zero-order chi connectivity index (χ0) is 24.3. The standard InChI is InChI=1S/C24H27N3O6S/c1-16-11-22(27(26-16)19-9-10-34(29,30)15-19)25-24(28)18-12-20(31-2)23(21(13-18)32-3)33-14-17-7-5-4-6-8-17/h4-8,11-13,19H,9-10,14-15H2,1-3H3,(H,25,28). The lowest BCUT2D eigenvalue weighted by atomic mass is 10.1. The van der Waals surface area contributed by atoms with E-state index in [-0.39, 0.29) is 17.5 Å². The molecule has 1 saturated heterocycles. The van der Waals surface area contributed by atoms with Crippen LogP contribution in [-0.4, -0.2) is 49.8 Å². The molecule has 9 nitrogen and oxygen atoms in total. The van der Waals surface area contributed by atoms with Crippen molar-refractivity contribution in [3.63, 3.8) is 0 Å². The predicted octanol–water partition coefficient (Wildman–Crippen LogP) is 3.40. The number of hydrogen-bond acceptors (Lipinski definition) is 7. The number of nitrogens with one attached hydrogen (secondary N) is 1. The Bertz CT molecular complexity index is 1260. The van der Waals surface area contributed by atoms with Gasteiger partial charge in [0.2, 0.25) is 5.75 Å². The van der Waals surface area contributed by atoms with Crippen LogP contribution < -0.4 is 19.5 Å². The van der Waals surface area contributed by atoms with Gasteiger partial charge >= 0.3 is 0 Å². The maximum atomic E-state index is 13.1. The van der Waals surface area contributed by atoms with Gasteiger partial charge in [0.25, 0.3) is 5.91 Å². The van der Waals surface area contributed by atoms with Crippen LogP contribution in [0.5, 0.6) is 17.2 Å².